The van der Waals surface area contributed by atoms with E-state index < -0.39 is 0 Å². The van der Waals surface area contributed by atoms with Crippen molar-refractivity contribution in [3.63, 3.8) is 0 Å². The molecule has 0 aliphatic heterocycles. The van der Waals surface area contributed by atoms with Gasteiger partial charge in [0.15, 0.2) is 5.84 Å². The van der Waals surface area contributed by atoms with Gasteiger partial charge in [-0.3, -0.25) is 0 Å². The molecule has 0 heterocycles. The Labute approximate surface area is 112 Å². The molecule has 1 aromatic rings. The summed E-state index contributed by atoms with van der Waals surface area (Å²) in [5, 5.41) is 12.1. The molecule has 5 nitrogen and oxygen atoms in total. The Kier molecular flexibility index (Phi) is 5.74. The first-order valence-corrected chi connectivity index (χ1v) is 6.03. The van der Waals surface area contributed by atoms with E-state index in [2.05, 4.69) is 10.1 Å². The second-order valence-corrected chi connectivity index (χ2v) is 4.13. The van der Waals surface area contributed by atoms with Gasteiger partial charge in [-0.1, -0.05) is 16.8 Å². The molecular weight excluding hydrogens is 254 g/mol. The van der Waals surface area contributed by atoms with Crippen molar-refractivity contribution in [2.75, 3.05) is 31.7 Å². The maximum atomic E-state index is 8.61. The number of oxime groups is 1. The Balaban J connectivity index is 2.96. The molecule has 0 spiro atoms. The van der Waals surface area contributed by atoms with Gasteiger partial charge in [-0.25, -0.2) is 0 Å². The first-order valence-electron chi connectivity index (χ1n) is 5.65. The van der Waals surface area contributed by atoms with E-state index in [1.165, 1.54) is 0 Å². The van der Waals surface area contributed by atoms with Gasteiger partial charge in [0.1, 0.15) is 0 Å². The van der Waals surface area contributed by atoms with Gasteiger partial charge in [0.2, 0.25) is 0 Å². The SMILES string of the molecule is CCN(CCOC)c1ccc(C(N)=NO)cc1Cl. The largest absolute Gasteiger partial charge is 0.409 e. The molecule has 1 rings (SSSR count). The smallest absolute Gasteiger partial charge is 0.170 e. The third kappa shape index (κ3) is 3.51. The Bertz CT molecular complexity index is 424. The van der Waals surface area contributed by atoms with Crippen LogP contribution >= 0.6 is 11.6 Å². The lowest BCUT2D eigenvalue weighted by atomic mass is 10.2. The number of benzene rings is 1. The molecular formula is C12H18ClN3O2. The van der Waals surface area contributed by atoms with Crippen LogP contribution in [-0.2, 0) is 4.74 Å². The number of anilines is 1. The molecule has 0 amide bonds. The minimum absolute atomic E-state index is 0.0448. The average Bonchev–Trinajstić information content (AvgIpc) is 2.40. The highest BCUT2D eigenvalue weighted by molar-refractivity contribution is 6.33. The number of nitrogens with two attached hydrogens (primary N) is 1. The zero-order valence-corrected chi connectivity index (χ0v) is 11.3. The predicted octanol–water partition coefficient (Wildman–Crippen LogP) is 1.91. The first-order chi connectivity index (χ1) is 8.63. The lowest BCUT2D eigenvalue weighted by molar-refractivity contribution is 0.205. The highest BCUT2D eigenvalue weighted by Gasteiger charge is 2.10. The summed E-state index contributed by atoms with van der Waals surface area (Å²) < 4.78 is 5.06. The molecule has 0 bridgehead atoms. The number of nitrogens with zero attached hydrogens (tertiary/aromatic N) is 2. The zero-order valence-electron chi connectivity index (χ0n) is 10.6. The zero-order chi connectivity index (χ0) is 13.5. The van der Waals surface area contributed by atoms with Gasteiger partial charge in [0, 0.05) is 25.8 Å². The van der Waals surface area contributed by atoms with E-state index in [1.54, 1.807) is 19.2 Å². The number of hydrogen-bond acceptors (Lipinski definition) is 4. The summed E-state index contributed by atoms with van der Waals surface area (Å²) in [6, 6.07) is 5.31. The van der Waals surface area contributed by atoms with Gasteiger partial charge in [-0.2, -0.15) is 0 Å². The quantitative estimate of drug-likeness (QED) is 0.359. The molecule has 0 aliphatic rings. The van der Waals surface area contributed by atoms with Gasteiger partial charge in [0.05, 0.1) is 17.3 Å². The van der Waals surface area contributed by atoms with Crippen molar-refractivity contribution in [1.82, 2.24) is 0 Å². The van der Waals surface area contributed by atoms with Crippen molar-refractivity contribution in [2.24, 2.45) is 10.9 Å². The van der Waals surface area contributed by atoms with Crippen molar-refractivity contribution < 1.29 is 9.94 Å². The van der Waals surface area contributed by atoms with Gasteiger partial charge >= 0.3 is 0 Å². The Hall–Kier alpha value is -1.46. The Morgan fingerprint density at radius 2 is 2.28 bits per heavy atom. The summed E-state index contributed by atoms with van der Waals surface area (Å²) in [7, 11) is 1.66. The van der Waals surface area contributed by atoms with E-state index in [-0.39, 0.29) is 5.84 Å². The molecule has 0 aromatic heterocycles. The summed E-state index contributed by atoms with van der Waals surface area (Å²) >= 11 is 6.21. The van der Waals surface area contributed by atoms with Crippen LogP contribution in [0.1, 0.15) is 12.5 Å². The molecule has 0 radical (unpaired) electrons. The molecule has 100 valence electrons. The Morgan fingerprint density at radius 1 is 1.56 bits per heavy atom. The van der Waals surface area contributed by atoms with Crippen LogP contribution in [-0.4, -0.2) is 37.8 Å². The van der Waals surface area contributed by atoms with E-state index in [9.17, 15) is 0 Å². The van der Waals surface area contributed by atoms with Crippen LogP contribution in [0, 0.1) is 0 Å². The van der Waals surface area contributed by atoms with E-state index in [1.807, 2.05) is 13.0 Å². The topological polar surface area (TPSA) is 71.1 Å². The monoisotopic (exact) mass is 271 g/mol. The maximum absolute atomic E-state index is 8.61. The molecule has 0 saturated carbocycles. The van der Waals surface area contributed by atoms with Crippen molar-refractivity contribution in [1.29, 1.82) is 0 Å². The van der Waals surface area contributed by atoms with Crippen LogP contribution in [0.3, 0.4) is 0 Å². The molecule has 3 N–H and O–H groups in total. The molecule has 18 heavy (non-hydrogen) atoms. The summed E-state index contributed by atoms with van der Waals surface area (Å²) in [4.78, 5) is 2.10. The molecule has 6 heteroatoms. The van der Waals surface area contributed by atoms with Crippen LogP contribution < -0.4 is 10.6 Å². The van der Waals surface area contributed by atoms with E-state index in [4.69, 9.17) is 27.3 Å². The lowest BCUT2D eigenvalue weighted by Crippen LogP contribution is -2.27. The second-order valence-electron chi connectivity index (χ2n) is 3.72. The lowest BCUT2D eigenvalue weighted by Gasteiger charge is -2.24. The molecule has 1 aromatic carbocycles. The third-order valence-electron chi connectivity index (χ3n) is 2.64. The average molecular weight is 272 g/mol. The summed E-state index contributed by atoms with van der Waals surface area (Å²) in [5.74, 6) is 0.0448. The van der Waals surface area contributed by atoms with Crippen molar-refractivity contribution in [3.8, 4) is 0 Å². The fourth-order valence-corrected chi connectivity index (χ4v) is 1.93. The van der Waals surface area contributed by atoms with Crippen LogP contribution in [0.5, 0.6) is 0 Å². The fourth-order valence-electron chi connectivity index (χ4n) is 1.63. The van der Waals surface area contributed by atoms with Gasteiger partial charge in [-0.05, 0) is 25.1 Å². The van der Waals surface area contributed by atoms with Gasteiger partial charge < -0.3 is 20.6 Å². The fraction of sp³-hybridized carbons (Fsp3) is 0.417. The molecule has 0 fully saturated rings. The number of methoxy groups -OCH3 is 1. The van der Waals surface area contributed by atoms with Gasteiger partial charge in [-0.15, -0.1) is 0 Å². The number of hydrogen-bond donors (Lipinski definition) is 2. The van der Waals surface area contributed by atoms with Gasteiger partial charge in [0.25, 0.3) is 0 Å². The van der Waals surface area contributed by atoms with Crippen molar-refractivity contribution in [3.05, 3.63) is 28.8 Å². The first kappa shape index (κ1) is 14.6. The summed E-state index contributed by atoms with van der Waals surface area (Å²) in [6.45, 7) is 4.26. The summed E-state index contributed by atoms with van der Waals surface area (Å²) in [6.07, 6.45) is 0. The van der Waals surface area contributed by atoms with Crippen LogP contribution in [0.25, 0.3) is 0 Å². The number of halogens is 1. The molecule has 0 saturated heterocycles. The maximum Gasteiger partial charge on any atom is 0.170 e. The van der Waals surface area contributed by atoms with E-state index in [0.717, 1.165) is 18.8 Å². The van der Waals surface area contributed by atoms with Crippen LogP contribution in [0.4, 0.5) is 5.69 Å². The van der Waals surface area contributed by atoms with Crippen molar-refractivity contribution in [2.45, 2.75) is 6.92 Å². The molecule has 0 unspecified atom stereocenters. The minimum Gasteiger partial charge on any atom is -0.409 e. The van der Waals surface area contributed by atoms with Crippen LogP contribution in [0.2, 0.25) is 5.02 Å². The van der Waals surface area contributed by atoms with E-state index >= 15 is 0 Å². The highest BCUT2D eigenvalue weighted by atomic mass is 35.5. The highest BCUT2D eigenvalue weighted by Crippen LogP contribution is 2.26. The standard InChI is InChI=1S/C12H18ClN3O2/c1-3-16(6-7-18-2)11-5-4-9(8-10(11)13)12(14)15-17/h4-5,8,17H,3,6-7H2,1-2H3,(H2,14,15). The number of amidine groups is 1. The number of likely N-dealkylation sites (N-methyl/N-ethyl adjacent to an activating group) is 1. The normalized spacial score (nSPS) is 11.6. The molecule has 0 atom stereocenters. The molecule has 0 aliphatic carbocycles. The van der Waals surface area contributed by atoms with Crippen LogP contribution in [0.15, 0.2) is 23.4 Å². The Morgan fingerprint density at radius 3 is 2.78 bits per heavy atom. The number of ether oxygens (including phenoxy) is 1. The minimum atomic E-state index is 0.0448. The predicted molar refractivity (Wildman–Crippen MR) is 73.7 cm³/mol. The second kappa shape index (κ2) is 7.08. The van der Waals surface area contributed by atoms with Crippen molar-refractivity contribution >= 4 is 23.1 Å². The van der Waals surface area contributed by atoms with E-state index in [0.29, 0.717) is 17.2 Å². The third-order valence-corrected chi connectivity index (χ3v) is 2.94. The number of rotatable bonds is 6. The summed E-state index contributed by atoms with van der Waals surface area (Å²) in [5.41, 5.74) is 7.01.